The summed E-state index contributed by atoms with van der Waals surface area (Å²) in [6, 6.07) is 3.89. The third-order valence-electron chi connectivity index (χ3n) is 3.55. The summed E-state index contributed by atoms with van der Waals surface area (Å²) in [5.74, 6) is -0.191. The molecule has 130 valence electrons. The Morgan fingerprint density at radius 1 is 1.21 bits per heavy atom. The van der Waals surface area contributed by atoms with Crippen molar-refractivity contribution in [2.75, 3.05) is 18.4 Å². The van der Waals surface area contributed by atoms with Gasteiger partial charge in [-0.2, -0.15) is 0 Å². The minimum Gasteiger partial charge on any atom is -0.333 e. The molecule has 7 heteroatoms. The van der Waals surface area contributed by atoms with Gasteiger partial charge in [-0.25, -0.2) is 4.98 Å². The van der Waals surface area contributed by atoms with Crippen molar-refractivity contribution in [3.8, 4) is 0 Å². The van der Waals surface area contributed by atoms with Crippen LogP contribution < -0.4 is 5.32 Å². The first-order chi connectivity index (χ1) is 11.7. The van der Waals surface area contributed by atoms with Gasteiger partial charge in [-0.05, 0) is 17.9 Å². The van der Waals surface area contributed by atoms with Crippen LogP contribution in [0.2, 0.25) is 0 Å². The fourth-order valence-corrected chi connectivity index (χ4v) is 3.55. The first kappa shape index (κ1) is 18.6. The van der Waals surface area contributed by atoms with Crippen LogP contribution in [0.25, 0.3) is 0 Å². The Kier molecular flexibility index (Phi) is 7.91. The Labute approximate surface area is 150 Å². The standard InChI is InChI=1S/C17H23N3O2S2/c1-2-3-4-5-9-20(16(22)12-14-7-6-10-23-14)13-15(21)19-17-18-8-11-24-17/h6-8,10-11H,2-5,9,12-13H2,1H3,(H,18,19,21). The lowest BCUT2D eigenvalue weighted by molar-refractivity contribution is -0.134. The molecule has 2 rings (SSSR count). The second-order valence-corrected chi connectivity index (χ2v) is 7.44. The van der Waals surface area contributed by atoms with Crippen LogP contribution in [0.15, 0.2) is 29.1 Å². The van der Waals surface area contributed by atoms with Gasteiger partial charge in [0.15, 0.2) is 5.13 Å². The van der Waals surface area contributed by atoms with Crippen molar-refractivity contribution in [1.82, 2.24) is 9.88 Å². The number of thiazole rings is 1. The number of thiophene rings is 1. The van der Waals surface area contributed by atoms with E-state index in [0.717, 1.165) is 30.6 Å². The minimum absolute atomic E-state index is 0.00300. The van der Waals surface area contributed by atoms with Gasteiger partial charge in [-0.15, -0.1) is 22.7 Å². The number of amides is 2. The van der Waals surface area contributed by atoms with Crippen molar-refractivity contribution < 1.29 is 9.59 Å². The van der Waals surface area contributed by atoms with E-state index in [0.29, 0.717) is 18.1 Å². The zero-order chi connectivity index (χ0) is 17.2. The van der Waals surface area contributed by atoms with E-state index in [1.54, 1.807) is 27.8 Å². The molecule has 0 unspecified atom stereocenters. The maximum atomic E-state index is 12.6. The largest absolute Gasteiger partial charge is 0.333 e. The second-order valence-electron chi connectivity index (χ2n) is 5.52. The molecular weight excluding hydrogens is 342 g/mol. The number of nitrogens with zero attached hydrogens (tertiary/aromatic N) is 2. The predicted molar refractivity (Wildman–Crippen MR) is 99.5 cm³/mol. The van der Waals surface area contributed by atoms with Crippen molar-refractivity contribution in [2.45, 2.75) is 39.0 Å². The fraction of sp³-hybridized carbons (Fsp3) is 0.471. The maximum absolute atomic E-state index is 12.6. The Balaban J connectivity index is 1.90. The number of anilines is 1. The van der Waals surface area contributed by atoms with Gasteiger partial charge in [0.2, 0.25) is 11.8 Å². The first-order valence-corrected chi connectivity index (χ1v) is 9.94. The number of rotatable bonds is 10. The molecule has 2 aromatic heterocycles. The molecule has 1 N–H and O–H groups in total. The lowest BCUT2D eigenvalue weighted by Crippen LogP contribution is -2.39. The summed E-state index contributed by atoms with van der Waals surface area (Å²) in [5, 5.41) is 7.08. The van der Waals surface area contributed by atoms with E-state index in [4.69, 9.17) is 0 Å². The summed E-state index contributed by atoms with van der Waals surface area (Å²) in [4.78, 5) is 31.5. The molecule has 0 aliphatic carbocycles. The molecule has 2 heterocycles. The van der Waals surface area contributed by atoms with E-state index in [2.05, 4.69) is 17.2 Å². The summed E-state index contributed by atoms with van der Waals surface area (Å²) >= 11 is 2.94. The summed E-state index contributed by atoms with van der Waals surface area (Å²) < 4.78 is 0. The number of carbonyl (C=O) groups is 2. The Morgan fingerprint density at radius 2 is 2.08 bits per heavy atom. The molecule has 0 saturated heterocycles. The fourth-order valence-electron chi connectivity index (χ4n) is 2.31. The van der Waals surface area contributed by atoms with Crippen molar-refractivity contribution in [3.63, 3.8) is 0 Å². The van der Waals surface area contributed by atoms with Crippen molar-refractivity contribution in [2.24, 2.45) is 0 Å². The number of aromatic nitrogens is 1. The lowest BCUT2D eigenvalue weighted by atomic mass is 10.2. The highest BCUT2D eigenvalue weighted by atomic mass is 32.1. The Morgan fingerprint density at radius 3 is 2.75 bits per heavy atom. The van der Waals surface area contributed by atoms with Crippen LogP contribution in [0.5, 0.6) is 0 Å². The van der Waals surface area contributed by atoms with E-state index < -0.39 is 0 Å². The van der Waals surface area contributed by atoms with Crippen LogP contribution in [0.3, 0.4) is 0 Å². The van der Waals surface area contributed by atoms with Crippen molar-refractivity contribution in [1.29, 1.82) is 0 Å². The van der Waals surface area contributed by atoms with Crippen LogP contribution in [0, 0.1) is 0 Å². The average molecular weight is 366 g/mol. The summed E-state index contributed by atoms with van der Waals surface area (Å²) in [7, 11) is 0. The molecule has 0 saturated carbocycles. The van der Waals surface area contributed by atoms with Crippen molar-refractivity contribution in [3.05, 3.63) is 34.0 Å². The zero-order valence-electron chi connectivity index (χ0n) is 13.9. The molecule has 0 aliphatic rings. The second kappa shape index (κ2) is 10.2. The summed E-state index contributed by atoms with van der Waals surface area (Å²) in [6.07, 6.45) is 6.30. The van der Waals surface area contributed by atoms with E-state index in [-0.39, 0.29) is 18.4 Å². The monoisotopic (exact) mass is 365 g/mol. The number of unbranched alkanes of at least 4 members (excludes halogenated alkanes) is 3. The highest BCUT2D eigenvalue weighted by Gasteiger charge is 2.18. The van der Waals surface area contributed by atoms with E-state index >= 15 is 0 Å². The molecule has 0 radical (unpaired) electrons. The van der Waals surface area contributed by atoms with Gasteiger partial charge < -0.3 is 10.2 Å². The van der Waals surface area contributed by atoms with Crippen LogP contribution >= 0.6 is 22.7 Å². The third-order valence-corrected chi connectivity index (χ3v) is 5.12. The van der Waals surface area contributed by atoms with Gasteiger partial charge in [0.1, 0.15) is 0 Å². The Hall–Kier alpha value is -1.73. The molecule has 0 spiro atoms. The van der Waals surface area contributed by atoms with Gasteiger partial charge in [-0.1, -0.05) is 32.3 Å². The third kappa shape index (κ3) is 6.41. The van der Waals surface area contributed by atoms with E-state index in [1.807, 2.05) is 17.5 Å². The highest BCUT2D eigenvalue weighted by Crippen LogP contribution is 2.13. The maximum Gasteiger partial charge on any atom is 0.245 e. The van der Waals surface area contributed by atoms with Gasteiger partial charge in [0.25, 0.3) is 0 Å². The topological polar surface area (TPSA) is 62.3 Å². The van der Waals surface area contributed by atoms with Gasteiger partial charge in [-0.3, -0.25) is 9.59 Å². The van der Waals surface area contributed by atoms with Crippen LogP contribution in [-0.4, -0.2) is 34.8 Å². The van der Waals surface area contributed by atoms with E-state index in [1.165, 1.54) is 11.3 Å². The summed E-state index contributed by atoms with van der Waals surface area (Å²) in [5.41, 5.74) is 0. The number of nitrogens with one attached hydrogen (secondary N) is 1. The smallest absolute Gasteiger partial charge is 0.245 e. The molecule has 2 amide bonds. The molecule has 0 aliphatic heterocycles. The molecular formula is C17H23N3O2S2. The van der Waals surface area contributed by atoms with E-state index in [9.17, 15) is 9.59 Å². The highest BCUT2D eigenvalue weighted by molar-refractivity contribution is 7.13. The quantitative estimate of drug-likeness (QED) is 0.652. The molecule has 5 nitrogen and oxygen atoms in total. The zero-order valence-corrected chi connectivity index (χ0v) is 15.5. The van der Waals surface area contributed by atoms with Gasteiger partial charge in [0, 0.05) is 23.0 Å². The van der Waals surface area contributed by atoms with Crippen LogP contribution in [0.4, 0.5) is 5.13 Å². The molecule has 0 fully saturated rings. The molecule has 0 aromatic carbocycles. The van der Waals surface area contributed by atoms with Crippen LogP contribution in [-0.2, 0) is 16.0 Å². The van der Waals surface area contributed by atoms with Gasteiger partial charge in [0.05, 0.1) is 13.0 Å². The molecule has 0 atom stereocenters. The Bertz CT molecular complexity index is 612. The number of hydrogen-bond acceptors (Lipinski definition) is 5. The summed E-state index contributed by atoms with van der Waals surface area (Å²) in [6.45, 7) is 2.85. The number of hydrogen-bond donors (Lipinski definition) is 1. The van der Waals surface area contributed by atoms with Crippen molar-refractivity contribution >= 4 is 39.6 Å². The molecule has 24 heavy (non-hydrogen) atoms. The molecule has 0 bridgehead atoms. The van der Waals surface area contributed by atoms with Crippen LogP contribution in [0.1, 0.15) is 37.5 Å². The predicted octanol–water partition coefficient (Wildman–Crippen LogP) is 3.79. The number of carbonyl (C=O) groups excluding carboxylic acids is 2. The molecule has 2 aromatic rings. The minimum atomic E-state index is -0.194. The van der Waals surface area contributed by atoms with Gasteiger partial charge >= 0.3 is 0 Å². The average Bonchev–Trinajstić information content (AvgIpc) is 3.24. The normalized spacial score (nSPS) is 10.5. The SMILES string of the molecule is CCCCCCN(CC(=O)Nc1nccs1)C(=O)Cc1cccs1. The lowest BCUT2D eigenvalue weighted by Gasteiger charge is -2.22. The first-order valence-electron chi connectivity index (χ1n) is 8.18.